The number of rotatable bonds is 3. The second-order valence-corrected chi connectivity index (χ2v) is 7.44. The minimum Gasteiger partial charge on any atom is -0.444 e. The fourth-order valence-electron chi connectivity index (χ4n) is 2.83. The summed E-state index contributed by atoms with van der Waals surface area (Å²) in [5, 5.41) is 6.99. The molecule has 8 nitrogen and oxygen atoms in total. The van der Waals surface area contributed by atoms with E-state index in [0.717, 1.165) is 22.5 Å². The van der Waals surface area contributed by atoms with Gasteiger partial charge in [0, 0.05) is 29.2 Å². The molecule has 0 atom stereocenters. The predicted octanol–water partition coefficient (Wildman–Crippen LogP) is 4.20. The van der Waals surface area contributed by atoms with Crippen molar-refractivity contribution < 1.29 is 9.53 Å². The van der Waals surface area contributed by atoms with E-state index in [9.17, 15) is 4.79 Å². The molecule has 0 spiro atoms. The highest BCUT2D eigenvalue weighted by atomic mass is 16.6. The van der Waals surface area contributed by atoms with Crippen LogP contribution in [0.4, 0.5) is 10.5 Å². The Morgan fingerprint density at radius 3 is 2.45 bits per heavy atom. The molecule has 4 rings (SSSR count). The van der Waals surface area contributed by atoms with Crippen molar-refractivity contribution in [3.63, 3.8) is 0 Å². The van der Waals surface area contributed by atoms with Gasteiger partial charge < -0.3 is 4.74 Å². The molecule has 3 aromatic heterocycles. The molecule has 1 N–H and O–H groups in total. The lowest BCUT2D eigenvalue weighted by molar-refractivity contribution is 0.0636. The van der Waals surface area contributed by atoms with Gasteiger partial charge >= 0.3 is 6.09 Å². The molecule has 0 fully saturated rings. The first-order valence-corrected chi connectivity index (χ1v) is 9.11. The number of ether oxygens (including phenoxy) is 1. The Labute approximate surface area is 167 Å². The summed E-state index contributed by atoms with van der Waals surface area (Å²) in [5.74, 6) is 0.505. The van der Waals surface area contributed by atoms with Crippen LogP contribution in [-0.2, 0) is 4.74 Å². The third-order valence-electron chi connectivity index (χ3n) is 4.05. The Morgan fingerprint density at radius 2 is 1.76 bits per heavy atom. The molecule has 0 aliphatic heterocycles. The van der Waals surface area contributed by atoms with E-state index >= 15 is 0 Å². The molecule has 0 radical (unpaired) electrons. The lowest BCUT2D eigenvalue weighted by atomic mass is 10.1. The van der Waals surface area contributed by atoms with Crippen LogP contribution >= 0.6 is 0 Å². The van der Waals surface area contributed by atoms with Crippen LogP contribution < -0.4 is 5.32 Å². The van der Waals surface area contributed by atoms with Gasteiger partial charge in [0.1, 0.15) is 11.9 Å². The van der Waals surface area contributed by atoms with Crippen molar-refractivity contribution in [3.8, 4) is 22.5 Å². The lowest BCUT2D eigenvalue weighted by Crippen LogP contribution is -2.27. The summed E-state index contributed by atoms with van der Waals surface area (Å²) in [6, 6.07) is 13.2. The first kappa shape index (κ1) is 18.5. The fourth-order valence-corrected chi connectivity index (χ4v) is 2.83. The van der Waals surface area contributed by atoms with Crippen molar-refractivity contribution in [2.45, 2.75) is 26.4 Å². The van der Waals surface area contributed by atoms with Crippen LogP contribution in [0.3, 0.4) is 0 Å². The summed E-state index contributed by atoms with van der Waals surface area (Å²) in [7, 11) is 0. The van der Waals surface area contributed by atoms with Gasteiger partial charge in [0.25, 0.3) is 5.78 Å². The molecule has 29 heavy (non-hydrogen) atoms. The van der Waals surface area contributed by atoms with Gasteiger partial charge in [0.15, 0.2) is 0 Å². The minimum atomic E-state index is -0.551. The van der Waals surface area contributed by atoms with E-state index < -0.39 is 11.7 Å². The van der Waals surface area contributed by atoms with Crippen LogP contribution in [-0.4, -0.2) is 36.3 Å². The van der Waals surface area contributed by atoms with Crippen LogP contribution in [0.2, 0.25) is 0 Å². The number of hydrogen-bond donors (Lipinski definition) is 1. The number of hydrogen-bond acceptors (Lipinski definition) is 6. The van der Waals surface area contributed by atoms with Crippen LogP contribution in [0.5, 0.6) is 0 Å². The van der Waals surface area contributed by atoms with E-state index in [0.29, 0.717) is 11.5 Å². The molecule has 1 aromatic carbocycles. The fraction of sp³-hybridized carbons (Fsp3) is 0.190. The number of amides is 1. The number of aromatic nitrogens is 5. The zero-order valence-corrected chi connectivity index (χ0v) is 16.3. The molecular formula is C21H20N6O2. The number of nitrogens with zero attached hydrogens (tertiary/aromatic N) is 5. The van der Waals surface area contributed by atoms with Gasteiger partial charge in [-0.3, -0.25) is 10.3 Å². The summed E-state index contributed by atoms with van der Waals surface area (Å²) in [6.45, 7) is 5.47. The Bertz CT molecular complexity index is 1150. The summed E-state index contributed by atoms with van der Waals surface area (Å²) >= 11 is 0. The quantitative estimate of drug-likeness (QED) is 0.565. The Kier molecular flexibility index (Phi) is 4.67. The van der Waals surface area contributed by atoms with Gasteiger partial charge in [0.2, 0.25) is 0 Å². The maximum atomic E-state index is 11.9. The number of nitrogens with one attached hydrogen (secondary N) is 1. The predicted molar refractivity (Wildman–Crippen MR) is 109 cm³/mol. The summed E-state index contributed by atoms with van der Waals surface area (Å²) in [4.78, 5) is 24.8. The highest BCUT2D eigenvalue weighted by molar-refractivity contribution is 5.85. The van der Waals surface area contributed by atoms with Crippen LogP contribution in [0.25, 0.3) is 28.3 Å². The molecule has 0 unspecified atom stereocenters. The number of pyridine rings is 1. The van der Waals surface area contributed by atoms with E-state index in [-0.39, 0.29) is 0 Å². The van der Waals surface area contributed by atoms with Crippen LogP contribution in [0, 0.1) is 0 Å². The highest BCUT2D eigenvalue weighted by Gasteiger charge is 2.16. The average molecular weight is 388 g/mol. The van der Waals surface area contributed by atoms with E-state index in [1.807, 2.05) is 51.1 Å². The summed E-state index contributed by atoms with van der Waals surface area (Å²) in [5.41, 5.74) is 3.55. The molecule has 0 bridgehead atoms. The monoisotopic (exact) mass is 388 g/mol. The lowest BCUT2D eigenvalue weighted by Gasteiger charge is -2.19. The van der Waals surface area contributed by atoms with Crippen molar-refractivity contribution >= 4 is 17.6 Å². The molecule has 146 valence electrons. The van der Waals surface area contributed by atoms with Crippen molar-refractivity contribution in [2.24, 2.45) is 0 Å². The van der Waals surface area contributed by atoms with Gasteiger partial charge in [-0.15, -0.1) is 0 Å². The van der Waals surface area contributed by atoms with Gasteiger partial charge in [0.05, 0.1) is 11.4 Å². The molecule has 3 heterocycles. The summed E-state index contributed by atoms with van der Waals surface area (Å²) < 4.78 is 6.97. The van der Waals surface area contributed by atoms with Gasteiger partial charge in [-0.2, -0.15) is 14.6 Å². The molecular weight excluding hydrogens is 368 g/mol. The molecule has 0 saturated carbocycles. The Hall–Kier alpha value is -3.81. The van der Waals surface area contributed by atoms with E-state index in [2.05, 4.69) is 25.4 Å². The third-order valence-corrected chi connectivity index (χ3v) is 4.05. The first-order chi connectivity index (χ1) is 13.9. The Balaban J connectivity index is 1.64. The van der Waals surface area contributed by atoms with Crippen molar-refractivity contribution in [3.05, 3.63) is 61.2 Å². The zero-order chi connectivity index (χ0) is 20.4. The van der Waals surface area contributed by atoms with E-state index in [1.54, 1.807) is 29.0 Å². The van der Waals surface area contributed by atoms with Gasteiger partial charge in [-0.05, 0) is 51.1 Å². The highest BCUT2D eigenvalue weighted by Crippen LogP contribution is 2.26. The van der Waals surface area contributed by atoms with Crippen LogP contribution in [0.15, 0.2) is 61.2 Å². The summed E-state index contributed by atoms with van der Waals surface area (Å²) in [6.07, 6.45) is 4.45. The zero-order valence-electron chi connectivity index (χ0n) is 16.3. The molecule has 1 amide bonds. The number of anilines is 1. The normalized spacial score (nSPS) is 11.4. The maximum absolute atomic E-state index is 11.9. The van der Waals surface area contributed by atoms with Gasteiger partial charge in [-0.25, -0.2) is 9.78 Å². The Morgan fingerprint density at radius 1 is 1.03 bits per heavy atom. The van der Waals surface area contributed by atoms with E-state index in [1.165, 1.54) is 6.33 Å². The number of benzene rings is 1. The smallest absolute Gasteiger partial charge is 0.412 e. The second kappa shape index (κ2) is 7.31. The van der Waals surface area contributed by atoms with E-state index in [4.69, 9.17) is 4.74 Å². The first-order valence-electron chi connectivity index (χ1n) is 9.11. The van der Waals surface area contributed by atoms with Crippen molar-refractivity contribution in [2.75, 3.05) is 5.32 Å². The maximum Gasteiger partial charge on any atom is 0.412 e. The number of fused-ring (bicyclic) bond motifs is 1. The standard InChI is InChI=1S/C21H20N6O2/c1-21(2,3)29-20(28)25-16-6-4-14(5-7-16)17-12-18(15-8-10-22-11-9-15)27-19(26-17)23-13-24-27/h4-13H,1-3H3,(H,25,28). The van der Waals surface area contributed by atoms with Crippen LogP contribution in [0.1, 0.15) is 20.8 Å². The third kappa shape index (κ3) is 4.21. The van der Waals surface area contributed by atoms with Crippen molar-refractivity contribution in [1.29, 1.82) is 0 Å². The molecule has 0 aliphatic rings. The average Bonchev–Trinajstić information content (AvgIpc) is 3.15. The number of carbonyl (C=O) groups is 1. The van der Waals surface area contributed by atoms with Gasteiger partial charge in [-0.1, -0.05) is 12.1 Å². The molecule has 4 aromatic rings. The molecule has 0 aliphatic carbocycles. The topological polar surface area (TPSA) is 94.3 Å². The molecule has 8 heteroatoms. The second-order valence-electron chi connectivity index (χ2n) is 7.44. The largest absolute Gasteiger partial charge is 0.444 e. The molecule has 0 saturated heterocycles. The number of carbonyl (C=O) groups excluding carboxylic acids is 1. The minimum absolute atomic E-state index is 0.492. The van der Waals surface area contributed by atoms with Crippen molar-refractivity contribution in [1.82, 2.24) is 24.6 Å². The SMILES string of the molecule is CC(C)(C)OC(=O)Nc1ccc(-c2cc(-c3ccncc3)n3ncnc3n2)cc1.